The zero-order valence-electron chi connectivity index (χ0n) is 10.4. The molecule has 0 aliphatic heterocycles. The molecule has 0 unspecified atom stereocenters. The van der Waals surface area contributed by atoms with E-state index >= 15 is 0 Å². The summed E-state index contributed by atoms with van der Waals surface area (Å²) in [6.07, 6.45) is 0.145. The molecule has 0 radical (unpaired) electrons. The van der Waals surface area contributed by atoms with E-state index in [1.54, 1.807) is 30.5 Å². The lowest BCUT2D eigenvalue weighted by atomic mass is 10.1. The molecule has 4 nitrogen and oxygen atoms in total. The number of halogens is 1. The number of carbonyl (C=O) groups excluding carboxylic acids is 1. The number of anilines is 1. The largest absolute Gasteiger partial charge is 0.375 e. The number of thiazole rings is 1. The number of hydrogen-bond acceptors (Lipinski definition) is 4. The van der Waals surface area contributed by atoms with Crippen molar-refractivity contribution >= 4 is 22.4 Å². The van der Waals surface area contributed by atoms with Gasteiger partial charge in [-0.3, -0.25) is 4.79 Å². The summed E-state index contributed by atoms with van der Waals surface area (Å²) in [4.78, 5) is 15.8. The molecule has 100 valence electrons. The molecule has 1 amide bonds. The van der Waals surface area contributed by atoms with Crippen molar-refractivity contribution in [3.05, 3.63) is 46.7 Å². The summed E-state index contributed by atoms with van der Waals surface area (Å²) >= 11 is 1.29. The summed E-state index contributed by atoms with van der Waals surface area (Å²) in [5.41, 5.74) is 6.58. The molecule has 2 aromatic rings. The molecule has 1 heterocycles. The van der Waals surface area contributed by atoms with Crippen LogP contribution in [0.2, 0.25) is 0 Å². The van der Waals surface area contributed by atoms with Crippen LogP contribution in [0.15, 0.2) is 29.6 Å². The van der Waals surface area contributed by atoms with E-state index in [4.69, 9.17) is 5.73 Å². The van der Waals surface area contributed by atoms with Crippen molar-refractivity contribution in [2.24, 2.45) is 0 Å². The van der Waals surface area contributed by atoms with Gasteiger partial charge in [-0.15, -0.1) is 11.3 Å². The van der Waals surface area contributed by atoms with E-state index in [1.165, 1.54) is 17.4 Å². The standard InChI is InChI=1S/C13H14FN3OS/c1-8(10-4-2-3-5-11(10)14)16-12(18)6-9-7-19-13(15)17-9/h2-5,7-8H,6H2,1H3,(H2,15,17)(H,16,18)/t8-/m1/s1. The minimum absolute atomic E-state index is 0.145. The molecule has 0 spiro atoms. The molecule has 0 saturated heterocycles. The Hall–Kier alpha value is -1.95. The number of nitrogens with two attached hydrogens (primary N) is 1. The van der Waals surface area contributed by atoms with E-state index in [0.29, 0.717) is 16.4 Å². The predicted octanol–water partition coefficient (Wildman–Crippen LogP) is 2.28. The van der Waals surface area contributed by atoms with E-state index in [1.807, 2.05) is 0 Å². The molecule has 1 aromatic carbocycles. The monoisotopic (exact) mass is 279 g/mol. The van der Waals surface area contributed by atoms with Gasteiger partial charge in [-0.1, -0.05) is 18.2 Å². The van der Waals surface area contributed by atoms with Crippen molar-refractivity contribution in [3.8, 4) is 0 Å². The quantitative estimate of drug-likeness (QED) is 0.902. The normalized spacial score (nSPS) is 12.1. The van der Waals surface area contributed by atoms with Crippen molar-refractivity contribution in [1.29, 1.82) is 0 Å². The van der Waals surface area contributed by atoms with Gasteiger partial charge in [0.2, 0.25) is 5.91 Å². The Morgan fingerprint density at radius 2 is 2.26 bits per heavy atom. The second-order valence-corrected chi connectivity index (χ2v) is 5.05. The van der Waals surface area contributed by atoms with E-state index < -0.39 is 0 Å². The maximum absolute atomic E-state index is 13.5. The maximum atomic E-state index is 13.5. The van der Waals surface area contributed by atoms with Gasteiger partial charge in [0.05, 0.1) is 18.2 Å². The molecule has 2 rings (SSSR count). The molecule has 3 N–H and O–H groups in total. The second kappa shape index (κ2) is 5.79. The fourth-order valence-corrected chi connectivity index (χ4v) is 2.33. The van der Waals surface area contributed by atoms with Crippen molar-refractivity contribution in [2.45, 2.75) is 19.4 Å². The van der Waals surface area contributed by atoms with E-state index in [0.717, 1.165) is 0 Å². The number of nitrogens with one attached hydrogen (secondary N) is 1. The van der Waals surface area contributed by atoms with Gasteiger partial charge >= 0.3 is 0 Å². The third kappa shape index (κ3) is 3.51. The topological polar surface area (TPSA) is 68.0 Å². The number of amides is 1. The first-order valence-electron chi connectivity index (χ1n) is 5.80. The minimum Gasteiger partial charge on any atom is -0.375 e. The van der Waals surface area contributed by atoms with Gasteiger partial charge in [0.1, 0.15) is 5.82 Å². The molecule has 0 fully saturated rings. The Balaban J connectivity index is 1.97. The summed E-state index contributed by atoms with van der Waals surface area (Å²) < 4.78 is 13.5. The molecule has 0 aliphatic carbocycles. The third-order valence-electron chi connectivity index (χ3n) is 2.66. The smallest absolute Gasteiger partial charge is 0.226 e. The highest BCUT2D eigenvalue weighted by atomic mass is 32.1. The predicted molar refractivity (Wildman–Crippen MR) is 73.2 cm³/mol. The van der Waals surface area contributed by atoms with Gasteiger partial charge in [-0.2, -0.15) is 0 Å². The van der Waals surface area contributed by atoms with Crippen LogP contribution in [0.4, 0.5) is 9.52 Å². The third-order valence-corrected chi connectivity index (χ3v) is 3.38. The van der Waals surface area contributed by atoms with E-state index in [-0.39, 0.29) is 24.2 Å². The number of nitrogen functional groups attached to an aromatic ring is 1. The van der Waals surface area contributed by atoms with Crippen molar-refractivity contribution in [2.75, 3.05) is 5.73 Å². The summed E-state index contributed by atoms with van der Waals surface area (Å²) in [5, 5.41) is 4.91. The van der Waals surface area contributed by atoms with Crippen LogP contribution in [0, 0.1) is 5.82 Å². The first kappa shape index (κ1) is 13.5. The molecule has 0 saturated carbocycles. The van der Waals surface area contributed by atoms with Crippen molar-refractivity contribution < 1.29 is 9.18 Å². The van der Waals surface area contributed by atoms with Crippen LogP contribution < -0.4 is 11.1 Å². The molecule has 1 aromatic heterocycles. The highest BCUT2D eigenvalue weighted by Crippen LogP contribution is 2.16. The Morgan fingerprint density at radius 1 is 1.53 bits per heavy atom. The van der Waals surface area contributed by atoms with Crippen LogP contribution in [0.3, 0.4) is 0 Å². The van der Waals surface area contributed by atoms with Crippen molar-refractivity contribution in [3.63, 3.8) is 0 Å². The lowest BCUT2D eigenvalue weighted by Gasteiger charge is -2.14. The summed E-state index contributed by atoms with van der Waals surface area (Å²) in [7, 11) is 0. The number of nitrogens with zero attached hydrogens (tertiary/aromatic N) is 1. The van der Waals surface area contributed by atoms with Gasteiger partial charge in [-0.05, 0) is 13.0 Å². The van der Waals surface area contributed by atoms with Crippen LogP contribution in [-0.2, 0) is 11.2 Å². The highest BCUT2D eigenvalue weighted by molar-refractivity contribution is 7.13. The lowest BCUT2D eigenvalue weighted by molar-refractivity contribution is -0.121. The number of hydrogen-bond donors (Lipinski definition) is 2. The van der Waals surface area contributed by atoms with Gasteiger partial charge in [0.25, 0.3) is 0 Å². The fourth-order valence-electron chi connectivity index (χ4n) is 1.76. The SMILES string of the molecule is C[C@@H](NC(=O)Cc1csc(N)n1)c1ccccc1F. The van der Waals surface area contributed by atoms with Crippen LogP contribution in [0.25, 0.3) is 0 Å². The minimum atomic E-state index is -0.385. The number of benzene rings is 1. The Bertz CT molecular complexity index is 585. The number of carbonyl (C=O) groups is 1. The van der Waals surface area contributed by atoms with Crippen molar-refractivity contribution in [1.82, 2.24) is 10.3 Å². The molecule has 0 aliphatic rings. The maximum Gasteiger partial charge on any atom is 0.226 e. The van der Waals surface area contributed by atoms with Crippen LogP contribution in [0.5, 0.6) is 0 Å². The Kier molecular flexibility index (Phi) is 4.11. The zero-order valence-corrected chi connectivity index (χ0v) is 11.2. The average molecular weight is 279 g/mol. The first-order valence-corrected chi connectivity index (χ1v) is 6.68. The van der Waals surface area contributed by atoms with E-state index in [9.17, 15) is 9.18 Å². The van der Waals surface area contributed by atoms with E-state index in [2.05, 4.69) is 10.3 Å². The summed E-state index contributed by atoms with van der Waals surface area (Å²) in [5.74, 6) is -0.533. The molecule has 19 heavy (non-hydrogen) atoms. The molecule has 1 atom stereocenters. The fraction of sp³-hybridized carbons (Fsp3) is 0.231. The van der Waals surface area contributed by atoms with Gasteiger partial charge in [0.15, 0.2) is 5.13 Å². The highest BCUT2D eigenvalue weighted by Gasteiger charge is 2.14. The van der Waals surface area contributed by atoms with Crippen LogP contribution in [0.1, 0.15) is 24.2 Å². The van der Waals surface area contributed by atoms with Crippen LogP contribution in [-0.4, -0.2) is 10.9 Å². The molecular formula is C13H14FN3OS. The average Bonchev–Trinajstić information content (AvgIpc) is 2.74. The molecular weight excluding hydrogens is 265 g/mol. The van der Waals surface area contributed by atoms with Crippen LogP contribution >= 0.6 is 11.3 Å². The number of aromatic nitrogens is 1. The van der Waals surface area contributed by atoms with Gasteiger partial charge in [-0.25, -0.2) is 9.37 Å². The second-order valence-electron chi connectivity index (χ2n) is 4.16. The summed E-state index contributed by atoms with van der Waals surface area (Å²) in [6.45, 7) is 1.74. The molecule has 0 bridgehead atoms. The van der Waals surface area contributed by atoms with Gasteiger partial charge in [0, 0.05) is 10.9 Å². The summed E-state index contributed by atoms with van der Waals surface area (Å²) in [6, 6.07) is 6.00. The molecule has 6 heteroatoms. The Morgan fingerprint density at radius 3 is 2.89 bits per heavy atom. The van der Waals surface area contributed by atoms with Gasteiger partial charge < -0.3 is 11.1 Å². The lowest BCUT2D eigenvalue weighted by Crippen LogP contribution is -2.28. The first-order chi connectivity index (χ1) is 9.06. The number of rotatable bonds is 4. The zero-order chi connectivity index (χ0) is 13.8. The Labute approximate surface area is 114 Å².